The fourth-order valence-corrected chi connectivity index (χ4v) is 4.04. The van der Waals surface area contributed by atoms with E-state index in [4.69, 9.17) is 0 Å². The molecule has 0 aliphatic heterocycles. The normalized spacial score (nSPS) is 12.7. The number of hydrogen-bond donors (Lipinski definition) is 2. The van der Waals surface area contributed by atoms with Gasteiger partial charge in [0, 0.05) is 32.4 Å². The van der Waals surface area contributed by atoms with Crippen LogP contribution in [0.2, 0.25) is 0 Å². The first kappa shape index (κ1) is 24.9. The highest BCUT2D eigenvalue weighted by atomic mass is 127. The van der Waals surface area contributed by atoms with Crippen molar-refractivity contribution in [1.82, 2.24) is 25.3 Å². The van der Waals surface area contributed by atoms with Crippen molar-refractivity contribution in [3.8, 4) is 0 Å². The van der Waals surface area contributed by atoms with Crippen molar-refractivity contribution in [1.29, 1.82) is 0 Å². The Bertz CT molecular complexity index is 694. The molecule has 0 aliphatic carbocycles. The molecule has 0 spiro atoms. The van der Waals surface area contributed by atoms with E-state index in [9.17, 15) is 0 Å². The number of halogens is 1. The van der Waals surface area contributed by atoms with E-state index in [1.54, 1.807) is 11.3 Å². The third-order valence-electron chi connectivity index (χ3n) is 4.81. The van der Waals surface area contributed by atoms with Gasteiger partial charge in [0.25, 0.3) is 0 Å². The molecule has 2 rings (SSSR count). The van der Waals surface area contributed by atoms with Crippen molar-refractivity contribution in [2.24, 2.45) is 4.99 Å². The van der Waals surface area contributed by atoms with E-state index in [2.05, 4.69) is 74.0 Å². The number of thiophene rings is 1. The summed E-state index contributed by atoms with van der Waals surface area (Å²) in [5.74, 6) is 0.857. The molecule has 0 radical (unpaired) electrons. The molecule has 2 aromatic rings. The number of guanidine groups is 1. The molecule has 0 amide bonds. The average Bonchev–Trinajstić information content (AvgIpc) is 3.29. The van der Waals surface area contributed by atoms with Crippen LogP contribution in [0.15, 0.2) is 27.9 Å². The van der Waals surface area contributed by atoms with Gasteiger partial charge in [-0.3, -0.25) is 14.6 Å². The number of rotatable bonds is 10. The quantitative estimate of drug-likeness (QED) is 0.217. The molecule has 1 unspecified atom stereocenters. The summed E-state index contributed by atoms with van der Waals surface area (Å²) in [7, 11) is 1.83. The van der Waals surface area contributed by atoms with E-state index in [-0.39, 0.29) is 24.0 Å². The fraction of sp³-hybridized carbons (Fsp3) is 0.600. The second kappa shape index (κ2) is 13.2. The van der Waals surface area contributed by atoms with Crippen LogP contribution in [0.5, 0.6) is 0 Å². The van der Waals surface area contributed by atoms with E-state index < -0.39 is 0 Å². The topological polar surface area (TPSA) is 57.5 Å². The zero-order valence-corrected chi connectivity index (χ0v) is 20.9. The predicted octanol–water partition coefficient (Wildman–Crippen LogP) is 3.82. The highest BCUT2D eigenvalue weighted by Gasteiger charge is 2.18. The van der Waals surface area contributed by atoms with Crippen LogP contribution in [0, 0.1) is 13.8 Å². The highest BCUT2D eigenvalue weighted by Crippen LogP contribution is 2.22. The largest absolute Gasteiger partial charge is 0.356 e. The fourth-order valence-electron chi connectivity index (χ4n) is 3.34. The lowest BCUT2D eigenvalue weighted by Gasteiger charge is -2.30. The summed E-state index contributed by atoms with van der Waals surface area (Å²) in [4.78, 5) is 6.85. The van der Waals surface area contributed by atoms with Crippen molar-refractivity contribution in [2.75, 3.05) is 33.2 Å². The Morgan fingerprint density at radius 2 is 2.04 bits per heavy atom. The number of hydrogen-bond acceptors (Lipinski definition) is 4. The zero-order valence-electron chi connectivity index (χ0n) is 17.7. The first-order valence-electron chi connectivity index (χ1n) is 9.80. The van der Waals surface area contributed by atoms with Crippen molar-refractivity contribution in [3.05, 3.63) is 39.8 Å². The van der Waals surface area contributed by atoms with Gasteiger partial charge in [-0.05, 0) is 61.8 Å². The number of aliphatic imine (C=N–C) groups is 1. The highest BCUT2D eigenvalue weighted by molar-refractivity contribution is 14.0. The first-order chi connectivity index (χ1) is 13.1. The lowest BCUT2D eigenvalue weighted by molar-refractivity contribution is 0.219. The Morgan fingerprint density at radius 1 is 1.29 bits per heavy atom. The van der Waals surface area contributed by atoms with Gasteiger partial charge in [-0.15, -0.1) is 24.0 Å². The van der Waals surface area contributed by atoms with E-state index in [0.29, 0.717) is 6.04 Å². The van der Waals surface area contributed by atoms with Gasteiger partial charge in [0.1, 0.15) is 0 Å². The van der Waals surface area contributed by atoms with Crippen LogP contribution in [0.25, 0.3) is 0 Å². The molecule has 8 heteroatoms. The van der Waals surface area contributed by atoms with Gasteiger partial charge in [0.2, 0.25) is 0 Å². The molecule has 0 aromatic carbocycles. The van der Waals surface area contributed by atoms with Crippen LogP contribution in [0.4, 0.5) is 0 Å². The Labute approximate surface area is 190 Å². The van der Waals surface area contributed by atoms with E-state index in [1.165, 1.54) is 11.3 Å². The van der Waals surface area contributed by atoms with Gasteiger partial charge in [0.15, 0.2) is 5.96 Å². The van der Waals surface area contributed by atoms with Gasteiger partial charge in [-0.25, -0.2) is 0 Å². The van der Waals surface area contributed by atoms with Crippen LogP contribution in [0.3, 0.4) is 0 Å². The monoisotopic (exact) mass is 518 g/mol. The molecule has 0 saturated carbocycles. The Balaban J connectivity index is 0.00000392. The number of nitrogens with one attached hydrogen (secondary N) is 2. The van der Waals surface area contributed by atoms with E-state index >= 15 is 0 Å². The summed E-state index contributed by atoms with van der Waals surface area (Å²) < 4.78 is 2.07. The van der Waals surface area contributed by atoms with Crippen LogP contribution in [0.1, 0.15) is 43.3 Å². The maximum Gasteiger partial charge on any atom is 0.191 e. The Hall–Kier alpha value is -1.13. The molecule has 0 fully saturated rings. The summed E-state index contributed by atoms with van der Waals surface area (Å²) >= 11 is 1.76. The summed E-state index contributed by atoms with van der Waals surface area (Å²) in [6.07, 6.45) is 1.01. The van der Waals surface area contributed by atoms with Crippen molar-refractivity contribution >= 4 is 41.3 Å². The maximum atomic E-state index is 4.51. The lowest BCUT2D eigenvalue weighted by Crippen LogP contribution is -2.43. The third-order valence-corrected chi connectivity index (χ3v) is 5.51. The molecule has 0 bridgehead atoms. The number of likely N-dealkylation sites (N-methyl/N-ethyl adjacent to an activating group) is 1. The molecule has 1 atom stereocenters. The minimum absolute atomic E-state index is 0. The first-order valence-corrected chi connectivity index (χ1v) is 10.7. The molecule has 158 valence electrons. The Kier molecular flexibility index (Phi) is 11.7. The summed E-state index contributed by atoms with van der Waals surface area (Å²) in [6, 6.07) is 4.70. The second-order valence-corrected chi connectivity index (χ2v) is 7.46. The standard InChI is InChI=1S/C20H34N6S.HI/c1-6-25(7-2)19(18-9-12-27-15-18)14-23-20(21-5)22-10-8-11-26-17(4)13-16(3)24-26;/h9,12-13,15,19H,6-8,10-11,14H2,1-5H3,(H2,21,22,23);1H. The van der Waals surface area contributed by atoms with E-state index in [1.807, 2.05) is 14.0 Å². The molecule has 0 aliphatic rings. The van der Waals surface area contributed by atoms with Crippen molar-refractivity contribution in [3.63, 3.8) is 0 Å². The van der Waals surface area contributed by atoms with Gasteiger partial charge in [0.05, 0.1) is 11.7 Å². The van der Waals surface area contributed by atoms with E-state index in [0.717, 1.165) is 50.8 Å². The average molecular weight is 519 g/mol. The molecule has 2 heterocycles. The van der Waals surface area contributed by atoms with Gasteiger partial charge in [-0.2, -0.15) is 16.4 Å². The maximum absolute atomic E-state index is 4.51. The van der Waals surface area contributed by atoms with Crippen LogP contribution in [-0.4, -0.2) is 53.9 Å². The Morgan fingerprint density at radius 3 is 2.57 bits per heavy atom. The third kappa shape index (κ3) is 7.36. The summed E-state index contributed by atoms with van der Waals surface area (Å²) in [6.45, 7) is 13.3. The van der Waals surface area contributed by atoms with Crippen LogP contribution in [-0.2, 0) is 6.54 Å². The molecule has 2 aromatic heterocycles. The van der Waals surface area contributed by atoms with Gasteiger partial charge in [-0.1, -0.05) is 13.8 Å². The molecule has 6 nitrogen and oxygen atoms in total. The molecular weight excluding hydrogens is 483 g/mol. The minimum atomic E-state index is 0. The number of aromatic nitrogens is 2. The van der Waals surface area contributed by atoms with Crippen LogP contribution < -0.4 is 10.6 Å². The van der Waals surface area contributed by atoms with Crippen molar-refractivity contribution < 1.29 is 0 Å². The van der Waals surface area contributed by atoms with Gasteiger partial charge < -0.3 is 10.6 Å². The second-order valence-electron chi connectivity index (χ2n) is 6.68. The zero-order chi connectivity index (χ0) is 19.6. The van der Waals surface area contributed by atoms with Crippen molar-refractivity contribution in [2.45, 2.75) is 46.7 Å². The lowest BCUT2D eigenvalue weighted by atomic mass is 10.1. The predicted molar refractivity (Wildman–Crippen MR) is 131 cm³/mol. The molecule has 2 N–H and O–H groups in total. The summed E-state index contributed by atoms with van der Waals surface area (Å²) in [5, 5.41) is 15.8. The summed E-state index contributed by atoms with van der Waals surface area (Å²) in [5.41, 5.74) is 3.66. The van der Waals surface area contributed by atoms with Gasteiger partial charge >= 0.3 is 0 Å². The van der Waals surface area contributed by atoms with Crippen LogP contribution >= 0.6 is 35.3 Å². The minimum Gasteiger partial charge on any atom is -0.356 e. The number of aryl methyl sites for hydroxylation is 3. The number of nitrogens with zero attached hydrogens (tertiary/aromatic N) is 4. The smallest absolute Gasteiger partial charge is 0.191 e. The SMILES string of the molecule is CCN(CC)C(CNC(=NC)NCCCn1nc(C)cc1C)c1ccsc1.I. The molecule has 0 saturated heterocycles. The molecular formula is C20H35IN6S. The molecule has 28 heavy (non-hydrogen) atoms.